The maximum absolute atomic E-state index is 13.5. The van der Waals surface area contributed by atoms with Gasteiger partial charge in [0.25, 0.3) is 0 Å². The predicted molar refractivity (Wildman–Crippen MR) is 141 cm³/mol. The number of halogens is 1. The van der Waals surface area contributed by atoms with Crippen molar-refractivity contribution in [2.45, 2.75) is 76.3 Å². The van der Waals surface area contributed by atoms with Gasteiger partial charge in [-0.05, 0) is 68.3 Å². The lowest BCUT2D eigenvalue weighted by Crippen LogP contribution is -2.73. The molecular weight excluding hydrogens is 453 g/mol. The van der Waals surface area contributed by atoms with E-state index in [1.165, 1.54) is 43.4 Å². The average molecular weight is 494 g/mol. The summed E-state index contributed by atoms with van der Waals surface area (Å²) in [4.78, 5) is 31.2. The van der Waals surface area contributed by atoms with Gasteiger partial charge in [0.15, 0.2) is 0 Å². The van der Waals surface area contributed by atoms with Crippen LogP contribution in [0, 0.1) is 5.82 Å². The molecule has 2 amide bonds. The van der Waals surface area contributed by atoms with Crippen molar-refractivity contribution in [3.8, 4) is 0 Å². The number of carbonyl (C=O) groups excluding carboxylic acids is 2. The molecule has 1 N–H and O–H groups in total. The third kappa shape index (κ3) is 6.33. The summed E-state index contributed by atoms with van der Waals surface area (Å²) < 4.78 is 13.3. The van der Waals surface area contributed by atoms with Crippen molar-refractivity contribution in [1.82, 2.24) is 15.1 Å². The molecule has 0 aliphatic carbocycles. The van der Waals surface area contributed by atoms with Gasteiger partial charge in [-0.3, -0.25) is 9.59 Å². The normalized spacial score (nSPS) is 20.1. The predicted octanol–water partition coefficient (Wildman–Crippen LogP) is 4.74. The first-order valence-electron chi connectivity index (χ1n) is 13.6. The molecule has 5 nitrogen and oxygen atoms in total. The van der Waals surface area contributed by atoms with E-state index in [-0.39, 0.29) is 17.6 Å². The summed E-state index contributed by atoms with van der Waals surface area (Å²) in [7, 11) is 0. The van der Waals surface area contributed by atoms with Gasteiger partial charge >= 0.3 is 0 Å². The van der Waals surface area contributed by atoms with Crippen LogP contribution in [0.2, 0.25) is 0 Å². The lowest BCUT2D eigenvalue weighted by molar-refractivity contribution is -0.161. The molecule has 0 unspecified atom stereocenters. The molecule has 194 valence electrons. The molecule has 2 aliphatic heterocycles. The van der Waals surface area contributed by atoms with Crippen LogP contribution in [0.15, 0.2) is 54.6 Å². The standard InChI is InChI=1S/C30H40FN3O2/c1-2-19-34-28(35)27(23-25-13-15-26(31)16-14-25)32-29(36)30(34)17-21-33(22-18-30)20-9-4-3-6-10-24-11-7-5-8-12-24/h5,7-8,11-16,27H,2-4,6,9-10,17-23H2,1H3,(H,32,36)/t27-/m0/s1. The SMILES string of the molecule is CCCN1C(=O)[C@H](Cc2ccc(F)cc2)NC(=O)C12CCN(CCCCCCc1ccccc1)CC2. The van der Waals surface area contributed by atoms with Gasteiger partial charge in [0.2, 0.25) is 11.8 Å². The number of unbranched alkanes of at least 4 members (excludes halogenated alkanes) is 3. The minimum absolute atomic E-state index is 0.00681. The number of nitrogens with zero attached hydrogens (tertiary/aromatic N) is 2. The summed E-state index contributed by atoms with van der Waals surface area (Å²) >= 11 is 0. The highest BCUT2D eigenvalue weighted by atomic mass is 19.1. The smallest absolute Gasteiger partial charge is 0.246 e. The van der Waals surface area contributed by atoms with Crippen molar-refractivity contribution in [3.05, 3.63) is 71.5 Å². The van der Waals surface area contributed by atoms with Gasteiger partial charge in [0.1, 0.15) is 17.4 Å². The van der Waals surface area contributed by atoms with Crippen molar-refractivity contribution in [2.24, 2.45) is 0 Å². The molecule has 36 heavy (non-hydrogen) atoms. The Hall–Kier alpha value is -2.73. The molecule has 2 fully saturated rings. The Balaban J connectivity index is 1.26. The highest BCUT2D eigenvalue weighted by Gasteiger charge is 2.53. The van der Waals surface area contributed by atoms with Crippen molar-refractivity contribution < 1.29 is 14.0 Å². The highest BCUT2D eigenvalue weighted by Crippen LogP contribution is 2.34. The third-order valence-corrected chi connectivity index (χ3v) is 7.82. The van der Waals surface area contributed by atoms with Gasteiger partial charge in [-0.2, -0.15) is 0 Å². The monoisotopic (exact) mass is 493 g/mol. The molecule has 0 radical (unpaired) electrons. The van der Waals surface area contributed by atoms with Gasteiger partial charge in [0, 0.05) is 26.1 Å². The molecule has 2 aromatic rings. The second-order valence-corrected chi connectivity index (χ2v) is 10.4. The number of aryl methyl sites for hydroxylation is 1. The Labute approximate surface area is 215 Å². The van der Waals surface area contributed by atoms with Crippen LogP contribution in [0.1, 0.15) is 63.0 Å². The Morgan fingerprint density at radius 2 is 1.58 bits per heavy atom. The lowest BCUT2D eigenvalue weighted by atomic mass is 9.81. The van der Waals surface area contributed by atoms with Crippen molar-refractivity contribution in [3.63, 3.8) is 0 Å². The Bertz CT molecular complexity index is 987. The van der Waals surface area contributed by atoms with E-state index in [1.54, 1.807) is 12.1 Å². The fourth-order valence-corrected chi connectivity index (χ4v) is 5.72. The van der Waals surface area contributed by atoms with Crippen LogP contribution in [-0.4, -0.2) is 59.4 Å². The highest BCUT2D eigenvalue weighted by molar-refractivity contribution is 6.00. The second kappa shape index (κ2) is 12.5. The van der Waals surface area contributed by atoms with E-state index in [4.69, 9.17) is 0 Å². The summed E-state index contributed by atoms with van der Waals surface area (Å²) in [5.74, 6) is -0.334. The molecule has 2 saturated heterocycles. The maximum atomic E-state index is 13.5. The molecule has 1 spiro atoms. The zero-order chi connectivity index (χ0) is 25.4. The summed E-state index contributed by atoms with van der Waals surface area (Å²) in [6.07, 6.45) is 8.57. The molecule has 2 aromatic carbocycles. The molecule has 1 atom stereocenters. The van der Waals surface area contributed by atoms with E-state index in [1.807, 2.05) is 4.90 Å². The van der Waals surface area contributed by atoms with E-state index in [0.29, 0.717) is 25.8 Å². The molecule has 2 heterocycles. The van der Waals surface area contributed by atoms with E-state index < -0.39 is 11.6 Å². The zero-order valence-electron chi connectivity index (χ0n) is 21.6. The largest absolute Gasteiger partial charge is 0.342 e. The van der Waals surface area contributed by atoms with Crippen molar-refractivity contribution in [1.29, 1.82) is 0 Å². The zero-order valence-corrected chi connectivity index (χ0v) is 21.6. The van der Waals surface area contributed by atoms with Crippen LogP contribution in [0.25, 0.3) is 0 Å². The molecule has 0 bridgehead atoms. The number of likely N-dealkylation sites (tertiary alicyclic amines) is 1. The molecule has 0 aromatic heterocycles. The summed E-state index contributed by atoms with van der Waals surface area (Å²) in [5.41, 5.74) is 1.52. The number of rotatable bonds is 11. The molecular formula is C30H40FN3O2. The van der Waals surface area contributed by atoms with E-state index in [2.05, 4.69) is 47.5 Å². The minimum Gasteiger partial charge on any atom is -0.342 e. The van der Waals surface area contributed by atoms with Crippen LogP contribution in [0.5, 0.6) is 0 Å². The van der Waals surface area contributed by atoms with Gasteiger partial charge < -0.3 is 15.1 Å². The first-order valence-corrected chi connectivity index (χ1v) is 13.6. The van der Waals surface area contributed by atoms with Gasteiger partial charge in [-0.25, -0.2) is 4.39 Å². The Morgan fingerprint density at radius 1 is 0.889 bits per heavy atom. The minimum atomic E-state index is -0.738. The van der Waals surface area contributed by atoms with Crippen LogP contribution >= 0.6 is 0 Å². The van der Waals surface area contributed by atoms with Crippen LogP contribution in [0.3, 0.4) is 0 Å². The van der Waals surface area contributed by atoms with E-state index in [0.717, 1.165) is 38.0 Å². The molecule has 0 saturated carbocycles. The number of hydrogen-bond donors (Lipinski definition) is 1. The number of carbonyl (C=O) groups is 2. The number of amides is 2. The van der Waals surface area contributed by atoms with Crippen LogP contribution < -0.4 is 5.32 Å². The van der Waals surface area contributed by atoms with Gasteiger partial charge in [-0.1, -0.05) is 62.2 Å². The van der Waals surface area contributed by atoms with E-state index >= 15 is 0 Å². The van der Waals surface area contributed by atoms with Crippen LogP contribution in [-0.2, 0) is 22.4 Å². The Morgan fingerprint density at radius 3 is 2.28 bits per heavy atom. The molecule has 6 heteroatoms. The van der Waals surface area contributed by atoms with Gasteiger partial charge in [-0.15, -0.1) is 0 Å². The lowest BCUT2D eigenvalue weighted by Gasteiger charge is -2.51. The first-order chi connectivity index (χ1) is 17.5. The fraction of sp³-hybridized carbons (Fsp3) is 0.533. The average Bonchev–Trinajstić information content (AvgIpc) is 2.90. The molecule has 2 aliphatic rings. The quantitative estimate of drug-likeness (QED) is 0.460. The van der Waals surface area contributed by atoms with Crippen molar-refractivity contribution in [2.75, 3.05) is 26.2 Å². The summed E-state index contributed by atoms with van der Waals surface area (Å²) in [5, 5.41) is 3.03. The van der Waals surface area contributed by atoms with Gasteiger partial charge in [0.05, 0.1) is 0 Å². The van der Waals surface area contributed by atoms with Crippen molar-refractivity contribution >= 4 is 11.8 Å². The maximum Gasteiger partial charge on any atom is 0.246 e. The van der Waals surface area contributed by atoms with Crippen LogP contribution in [0.4, 0.5) is 4.39 Å². The number of hydrogen-bond acceptors (Lipinski definition) is 3. The van der Waals surface area contributed by atoms with E-state index in [9.17, 15) is 14.0 Å². The second-order valence-electron chi connectivity index (χ2n) is 10.4. The summed E-state index contributed by atoms with van der Waals surface area (Å²) in [6, 6.07) is 16.2. The third-order valence-electron chi connectivity index (χ3n) is 7.82. The topological polar surface area (TPSA) is 52.7 Å². The number of benzene rings is 2. The fourth-order valence-electron chi connectivity index (χ4n) is 5.72. The number of piperazine rings is 1. The Kier molecular flexibility index (Phi) is 9.13. The molecule has 4 rings (SSSR count). The first kappa shape index (κ1) is 26.3. The summed E-state index contributed by atoms with van der Waals surface area (Å²) in [6.45, 7) is 5.38. The number of piperidine rings is 1. The number of nitrogens with one attached hydrogen (secondary N) is 1.